The zero-order valence-corrected chi connectivity index (χ0v) is 30.0. The highest BCUT2D eigenvalue weighted by molar-refractivity contribution is 4.93. The first-order valence-corrected chi connectivity index (χ1v) is 19.5. The molecule has 0 fully saturated rings. The maximum absolute atomic E-state index is 6.37. The van der Waals surface area contributed by atoms with Crippen molar-refractivity contribution in [3.8, 4) is 0 Å². The van der Waals surface area contributed by atoms with Gasteiger partial charge in [0.1, 0.15) is 0 Å². The molecule has 1 aromatic rings. The van der Waals surface area contributed by atoms with Crippen molar-refractivity contribution in [3.63, 3.8) is 0 Å². The lowest BCUT2D eigenvalue weighted by molar-refractivity contribution is 0.0339. The Labute approximate surface area is 281 Å². The van der Waals surface area contributed by atoms with Crippen molar-refractivity contribution in [2.75, 3.05) is 6.61 Å². The summed E-state index contributed by atoms with van der Waals surface area (Å²) >= 11 is 0. The van der Waals surface area contributed by atoms with E-state index in [0.29, 0.717) is 6.10 Å². The Hall–Kier alpha value is -1.87. The summed E-state index contributed by atoms with van der Waals surface area (Å²) in [6.07, 6.45) is 59.0. The van der Waals surface area contributed by atoms with E-state index in [1.807, 2.05) is 18.7 Å². The zero-order valence-electron chi connectivity index (χ0n) is 30.0. The van der Waals surface area contributed by atoms with Crippen LogP contribution in [0.15, 0.2) is 67.3 Å². The van der Waals surface area contributed by atoms with Crippen LogP contribution in [0.25, 0.3) is 0 Å². The third-order valence-corrected chi connectivity index (χ3v) is 8.69. The van der Waals surface area contributed by atoms with Crippen molar-refractivity contribution in [3.05, 3.63) is 67.3 Å². The van der Waals surface area contributed by atoms with Crippen LogP contribution >= 0.6 is 0 Å². The van der Waals surface area contributed by atoms with E-state index in [1.54, 1.807) is 0 Å². The fourth-order valence-corrected chi connectivity index (χ4v) is 5.75. The maximum atomic E-state index is 6.37. The Kier molecular flexibility index (Phi) is 32.0. The Balaban J connectivity index is 2.08. The van der Waals surface area contributed by atoms with Crippen LogP contribution in [0.4, 0.5) is 0 Å². The normalized spacial score (nSPS) is 13.0. The average molecular weight is 623 g/mol. The van der Waals surface area contributed by atoms with Crippen molar-refractivity contribution >= 4 is 0 Å². The summed E-state index contributed by atoms with van der Waals surface area (Å²) in [4.78, 5) is 4.16. The lowest BCUT2D eigenvalue weighted by atomic mass is 10.0. The molecule has 0 bridgehead atoms. The topological polar surface area (TPSA) is 27.1 Å². The molecule has 3 nitrogen and oxygen atoms in total. The van der Waals surface area contributed by atoms with Crippen molar-refractivity contribution in [1.29, 1.82) is 0 Å². The molecule has 1 unspecified atom stereocenters. The first kappa shape index (κ1) is 41.2. The fraction of sp³-hybridized carbons (Fsp3) is 0.738. The average Bonchev–Trinajstić information content (AvgIpc) is 3.57. The lowest BCUT2D eigenvalue weighted by Gasteiger charge is -2.18. The molecule has 45 heavy (non-hydrogen) atoms. The molecule has 0 aromatic carbocycles. The molecule has 0 N–H and O–H groups in total. The summed E-state index contributed by atoms with van der Waals surface area (Å²) in [6, 6.07) is 0. The second-order valence-electron chi connectivity index (χ2n) is 13.0. The van der Waals surface area contributed by atoms with Gasteiger partial charge in [-0.1, -0.05) is 140 Å². The third-order valence-electron chi connectivity index (χ3n) is 8.69. The Bertz CT molecular complexity index is 807. The maximum Gasteiger partial charge on any atom is 0.0946 e. The summed E-state index contributed by atoms with van der Waals surface area (Å²) < 4.78 is 8.49. The van der Waals surface area contributed by atoms with Gasteiger partial charge in [0.15, 0.2) is 0 Å². The molecule has 0 amide bonds. The van der Waals surface area contributed by atoms with E-state index in [0.717, 1.165) is 19.6 Å². The highest BCUT2D eigenvalue weighted by Gasteiger charge is 2.09. The third kappa shape index (κ3) is 30.5. The minimum atomic E-state index is 0.393. The van der Waals surface area contributed by atoms with Crippen LogP contribution in [0.2, 0.25) is 0 Å². The second kappa shape index (κ2) is 35.0. The molecule has 0 aliphatic rings. The van der Waals surface area contributed by atoms with Gasteiger partial charge in [-0.05, 0) is 89.9 Å². The van der Waals surface area contributed by atoms with Gasteiger partial charge in [-0.25, -0.2) is 4.98 Å². The molecule has 1 aromatic heterocycles. The Morgan fingerprint density at radius 2 is 1.00 bits per heavy atom. The number of allylic oxidation sites excluding steroid dienone is 8. The van der Waals surface area contributed by atoms with Gasteiger partial charge < -0.3 is 9.30 Å². The molecule has 0 radical (unpaired) electrons. The first-order valence-electron chi connectivity index (χ1n) is 19.5. The fourth-order valence-electron chi connectivity index (χ4n) is 5.75. The largest absolute Gasteiger partial charge is 0.376 e. The number of imidazole rings is 1. The standard InChI is InChI=1S/C42H74N2O/c1-3-5-7-9-11-13-15-17-19-21-23-25-27-29-31-33-35-42(45-40-39-44-38-37-43-41-44)36-34-32-30-28-26-24-22-20-18-16-14-12-10-8-6-4-2/h11,13,17-20,27,29,37-38,41-42H,3-10,12,14-16,21-26,28,30-36,39-40H2,1-2H3/b13-11-,19-17-,20-18-,29-27+. The predicted molar refractivity (Wildman–Crippen MR) is 200 cm³/mol. The van der Waals surface area contributed by atoms with E-state index in [9.17, 15) is 0 Å². The number of rotatable bonds is 34. The van der Waals surface area contributed by atoms with Crippen LogP contribution in [0.3, 0.4) is 0 Å². The smallest absolute Gasteiger partial charge is 0.0946 e. The minimum Gasteiger partial charge on any atom is -0.376 e. The molecule has 0 saturated heterocycles. The van der Waals surface area contributed by atoms with Gasteiger partial charge >= 0.3 is 0 Å². The van der Waals surface area contributed by atoms with E-state index in [1.165, 1.54) is 161 Å². The molecule has 0 spiro atoms. The highest BCUT2D eigenvalue weighted by Crippen LogP contribution is 2.16. The molecule has 0 aliphatic heterocycles. The summed E-state index contributed by atoms with van der Waals surface area (Å²) in [6.45, 7) is 6.24. The molecule has 0 saturated carbocycles. The highest BCUT2D eigenvalue weighted by atomic mass is 16.5. The van der Waals surface area contributed by atoms with Gasteiger partial charge in [-0.15, -0.1) is 0 Å². The van der Waals surface area contributed by atoms with Crippen LogP contribution in [0, 0.1) is 0 Å². The molecule has 3 heteroatoms. The molecular weight excluding hydrogens is 548 g/mol. The number of hydrogen-bond donors (Lipinski definition) is 0. The minimum absolute atomic E-state index is 0.393. The van der Waals surface area contributed by atoms with Gasteiger partial charge in [0.2, 0.25) is 0 Å². The summed E-state index contributed by atoms with van der Waals surface area (Å²) in [5.41, 5.74) is 0. The number of ether oxygens (including phenoxy) is 1. The summed E-state index contributed by atoms with van der Waals surface area (Å²) in [5, 5.41) is 0. The van der Waals surface area contributed by atoms with Gasteiger partial charge in [0, 0.05) is 18.9 Å². The lowest BCUT2D eigenvalue weighted by Crippen LogP contribution is -2.16. The van der Waals surface area contributed by atoms with Gasteiger partial charge in [0.05, 0.1) is 19.0 Å². The Morgan fingerprint density at radius 1 is 0.533 bits per heavy atom. The SMILES string of the molecule is CCCCC/C=C\C/C=C\CCC/C=C/CCCC(CCCCCCCC/C=C\CCCCCCCC)OCCn1ccnc1. The Morgan fingerprint density at radius 3 is 1.60 bits per heavy atom. The molecule has 258 valence electrons. The van der Waals surface area contributed by atoms with Gasteiger partial charge in [-0.3, -0.25) is 0 Å². The van der Waals surface area contributed by atoms with E-state index in [-0.39, 0.29) is 0 Å². The number of hydrogen-bond acceptors (Lipinski definition) is 2. The van der Waals surface area contributed by atoms with E-state index in [2.05, 4.69) is 72.0 Å². The molecule has 1 rings (SSSR count). The molecule has 1 heterocycles. The monoisotopic (exact) mass is 623 g/mol. The van der Waals surface area contributed by atoms with Crippen LogP contribution in [0.5, 0.6) is 0 Å². The summed E-state index contributed by atoms with van der Waals surface area (Å²) in [5.74, 6) is 0. The van der Waals surface area contributed by atoms with Gasteiger partial charge in [-0.2, -0.15) is 0 Å². The van der Waals surface area contributed by atoms with Gasteiger partial charge in [0.25, 0.3) is 0 Å². The molecule has 1 atom stereocenters. The van der Waals surface area contributed by atoms with Crippen molar-refractivity contribution in [1.82, 2.24) is 9.55 Å². The first-order chi connectivity index (χ1) is 22.4. The van der Waals surface area contributed by atoms with Crippen molar-refractivity contribution in [2.45, 2.75) is 193 Å². The van der Waals surface area contributed by atoms with E-state index < -0.39 is 0 Å². The number of unbranched alkanes of at least 4 members (excludes halogenated alkanes) is 18. The number of nitrogens with zero attached hydrogens (tertiary/aromatic N) is 2. The van der Waals surface area contributed by atoms with E-state index >= 15 is 0 Å². The molecule has 0 aliphatic carbocycles. The zero-order chi connectivity index (χ0) is 32.1. The number of aromatic nitrogens is 2. The molecular formula is C42H74N2O. The quantitative estimate of drug-likeness (QED) is 0.0565. The van der Waals surface area contributed by atoms with Crippen LogP contribution in [-0.4, -0.2) is 22.3 Å². The summed E-state index contributed by atoms with van der Waals surface area (Å²) in [7, 11) is 0. The van der Waals surface area contributed by atoms with Crippen LogP contribution < -0.4 is 0 Å². The van der Waals surface area contributed by atoms with Crippen molar-refractivity contribution in [2.24, 2.45) is 0 Å². The van der Waals surface area contributed by atoms with E-state index in [4.69, 9.17) is 4.74 Å². The second-order valence-corrected chi connectivity index (χ2v) is 13.0. The van der Waals surface area contributed by atoms with Crippen LogP contribution in [-0.2, 0) is 11.3 Å². The van der Waals surface area contributed by atoms with Crippen molar-refractivity contribution < 1.29 is 4.74 Å². The van der Waals surface area contributed by atoms with Crippen LogP contribution in [0.1, 0.15) is 181 Å². The predicted octanol–water partition coefficient (Wildman–Crippen LogP) is 13.7.